The van der Waals surface area contributed by atoms with Gasteiger partial charge in [-0.15, -0.1) is 0 Å². The minimum Gasteiger partial charge on any atom is -0.459 e. The van der Waals surface area contributed by atoms with E-state index in [1.54, 1.807) is 24.3 Å². The van der Waals surface area contributed by atoms with Crippen molar-refractivity contribution in [3.63, 3.8) is 0 Å². The molecule has 1 saturated heterocycles. The van der Waals surface area contributed by atoms with E-state index in [0.717, 1.165) is 4.47 Å². The second-order valence-electron chi connectivity index (χ2n) is 7.40. The van der Waals surface area contributed by atoms with Gasteiger partial charge >= 0.3 is 12.2 Å². The van der Waals surface area contributed by atoms with Gasteiger partial charge in [0.1, 0.15) is 23.5 Å². The van der Waals surface area contributed by atoms with Crippen LogP contribution in [0.5, 0.6) is 0 Å². The SMILES string of the molecule is O=C1NC(c2ccc(-c3ccc(Br)cc3)o2)C(C(=O)c2ccc(Cl)cc2)C(O)(C(F)(F)F)N1. The summed E-state index contributed by atoms with van der Waals surface area (Å²) in [4.78, 5) is 25.4. The lowest BCUT2D eigenvalue weighted by Crippen LogP contribution is -2.72. The van der Waals surface area contributed by atoms with Crippen molar-refractivity contribution in [3.8, 4) is 11.3 Å². The van der Waals surface area contributed by atoms with Crippen LogP contribution in [0.25, 0.3) is 11.3 Å². The maximum atomic E-state index is 14.0. The second-order valence-corrected chi connectivity index (χ2v) is 8.75. The molecule has 2 amide bonds. The van der Waals surface area contributed by atoms with Gasteiger partial charge in [-0.05, 0) is 48.5 Å². The number of nitrogens with one attached hydrogen (secondary N) is 2. The van der Waals surface area contributed by atoms with E-state index in [0.29, 0.717) is 11.3 Å². The highest BCUT2D eigenvalue weighted by Crippen LogP contribution is 2.44. The first kappa shape index (κ1) is 23.3. The Kier molecular flexibility index (Phi) is 6.02. The number of hydrogen-bond acceptors (Lipinski definition) is 4. The Morgan fingerprint density at radius 3 is 2.30 bits per heavy atom. The van der Waals surface area contributed by atoms with Crippen molar-refractivity contribution in [3.05, 3.63) is 81.5 Å². The van der Waals surface area contributed by atoms with Crippen molar-refractivity contribution in [2.75, 3.05) is 0 Å². The number of carbonyl (C=O) groups excluding carboxylic acids is 2. The van der Waals surface area contributed by atoms with Crippen LogP contribution >= 0.6 is 27.5 Å². The molecule has 33 heavy (non-hydrogen) atoms. The minimum absolute atomic E-state index is 0.127. The standard InChI is InChI=1S/C22H15BrClF3N2O4/c23-13-5-1-11(2-6-13)15-9-10-16(33-15)18-17(19(30)12-3-7-14(24)8-4-12)21(32,22(25,26)27)29-20(31)28-18/h1-10,17-18,32H,(H2,28,29,31). The molecule has 0 saturated carbocycles. The quantitative estimate of drug-likeness (QED) is 0.381. The molecule has 0 aliphatic carbocycles. The third-order valence-corrected chi connectivity index (χ3v) is 6.06. The highest BCUT2D eigenvalue weighted by Gasteiger charge is 2.66. The second kappa shape index (κ2) is 8.51. The predicted molar refractivity (Wildman–Crippen MR) is 117 cm³/mol. The summed E-state index contributed by atoms with van der Waals surface area (Å²) in [5.41, 5.74) is -3.35. The van der Waals surface area contributed by atoms with E-state index in [1.165, 1.54) is 41.7 Å². The lowest BCUT2D eigenvalue weighted by atomic mass is 9.79. The maximum absolute atomic E-state index is 14.0. The van der Waals surface area contributed by atoms with Gasteiger partial charge in [0.2, 0.25) is 5.72 Å². The van der Waals surface area contributed by atoms with E-state index < -0.39 is 35.7 Å². The molecule has 11 heteroatoms. The molecular formula is C22H15BrClF3N2O4. The van der Waals surface area contributed by atoms with Crippen molar-refractivity contribution in [1.29, 1.82) is 0 Å². The summed E-state index contributed by atoms with van der Waals surface area (Å²) < 4.78 is 48.5. The molecule has 0 radical (unpaired) electrons. The summed E-state index contributed by atoms with van der Waals surface area (Å²) in [7, 11) is 0. The van der Waals surface area contributed by atoms with Gasteiger partial charge in [-0.3, -0.25) is 4.79 Å². The normalized spacial score (nSPS) is 23.0. The number of alkyl halides is 3. The highest BCUT2D eigenvalue weighted by atomic mass is 79.9. The van der Waals surface area contributed by atoms with Crippen LogP contribution in [0.15, 0.2) is 69.6 Å². The van der Waals surface area contributed by atoms with Gasteiger partial charge in [-0.1, -0.05) is 39.7 Å². The summed E-state index contributed by atoms with van der Waals surface area (Å²) in [6.45, 7) is 0. The van der Waals surface area contributed by atoms with E-state index in [4.69, 9.17) is 16.0 Å². The lowest BCUT2D eigenvalue weighted by molar-refractivity contribution is -0.288. The molecular weight excluding hydrogens is 529 g/mol. The molecule has 1 aromatic heterocycles. The first-order valence-electron chi connectivity index (χ1n) is 9.53. The highest BCUT2D eigenvalue weighted by molar-refractivity contribution is 9.10. The molecule has 2 heterocycles. The van der Waals surface area contributed by atoms with Crippen LogP contribution in [-0.2, 0) is 0 Å². The number of amides is 2. The number of aliphatic hydroxyl groups is 1. The van der Waals surface area contributed by atoms with Crippen LogP contribution < -0.4 is 10.6 Å². The van der Waals surface area contributed by atoms with E-state index in [2.05, 4.69) is 21.2 Å². The number of urea groups is 1. The summed E-state index contributed by atoms with van der Waals surface area (Å²) in [5.74, 6) is -3.08. The summed E-state index contributed by atoms with van der Waals surface area (Å²) >= 11 is 9.13. The van der Waals surface area contributed by atoms with Gasteiger partial charge < -0.3 is 20.2 Å². The predicted octanol–water partition coefficient (Wildman–Crippen LogP) is 5.47. The van der Waals surface area contributed by atoms with Crippen LogP contribution in [0.3, 0.4) is 0 Å². The maximum Gasteiger partial charge on any atom is 0.437 e. The lowest BCUT2D eigenvalue weighted by Gasteiger charge is -2.44. The molecule has 4 rings (SSSR count). The number of Topliss-reactive ketones (excluding diaryl/α,β-unsaturated/α-hetero) is 1. The number of hydrogen-bond donors (Lipinski definition) is 3. The van der Waals surface area contributed by atoms with E-state index in [1.807, 2.05) is 0 Å². The van der Waals surface area contributed by atoms with Gasteiger partial charge in [-0.2, -0.15) is 13.2 Å². The Balaban J connectivity index is 1.80. The minimum atomic E-state index is -5.36. The molecule has 0 spiro atoms. The number of carbonyl (C=O) groups is 2. The molecule has 3 N–H and O–H groups in total. The fourth-order valence-corrected chi connectivity index (χ4v) is 4.05. The molecule has 0 bridgehead atoms. The summed E-state index contributed by atoms with van der Waals surface area (Å²) in [6, 6.07) is 12.0. The van der Waals surface area contributed by atoms with Gasteiger partial charge in [0.25, 0.3) is 0 Å². The number of furan rings is 1. The fourth-order valence-electron chi connectivity index (χ4n) is 3.66. The topological polar surface area (TPSA) is 91.6 Å². The first-order chi connectivity index (χ1) is 15.5. The summed E-state index contributed by atoms with van der Waals surface area (Å²) in [6.07, 6.45) is -5.36. The zero-order valence-corrected chi connectivity index (χ0v) is 18.8. The Morgan fingerprint density at radius 1 is 1.06 bits per heavy atom. The average Bonchev–Trinajstić information content (AvgIpc) is 3.23. The molecule has 172 valence electrons. The van der Waals surface area contributed by atoms with E-state index in [9.17, 15) is 27.9 Å². The Hall–Kier alpha value is -2.82. The van der Waals surface area contributed by atoms with E-state index >= 15 is 0 Å². The summed E-state index contributed by atoms with van der Waals surface area (Å²) in [5, 5.41) is 14.7. The zero-order valence-electron chi connectivity index (χ0n) is 16.5. The first-order valence-corrected chi connectivity index (χ1v) is 10.7. The smallest absolute Gasteiger partial charge is 0.437 e. The molecule has 2 aromatic carbocycles. The number of ketones is 1. The van der Waals surface area contributed by atoms with Crippen LogP contribution in [-0.4, -0.2) is 28.8 Å². The Labute approximate surface area is 198 Å². The number of benzene rings is 2. The average molecular weight is 544 g/mol. The van der Waals surface area contributed by atoms with Crippen molar-refractivity contribution < 1.29 is 32.3 Å². The third-order valence-electron chi connectivity index (χ3n) is 5.28. The monoisotopic (exact) mass is 542 g/mol. The molecule has 3 unspecified atom stereocenters. The van der Waals surface area contributed by atoms with Gasteiger partial charge in [0.05, 0.1) is 0 Å². The van der Waals surface area contributed by atoms with Crippen molar-refractivity contribution in [2.24, 2.45) is 5.92 Å². The van der Waals surface area contributed by atoms with Gasteiger partial charge in [0.15, 0.2) is 5.78 Å². The zero-order chi connectivity index (χ0) is 24.0. The molecule has 1 fully saturated rings. The fraction of sp³-hybridized carbons (Fsp3) is 0.182. The van der Waals surface area contributed by atoms with Gasteiger partial charge in [-0.25, -0.2) is 4.79 Å². The van der Waals surface area contributed by atoms with Crippen LogP contribution in [0.4, 0.5) is 18.0 Å². The molecule has 3 aromatic rings. The number of rotatable bonds is 4. The Bertz CT molecular complexity index is 1200. The molecule has 1 aliphatic heterocycles. The Morgan fingerprint density at radius 2 is 1.70 bits per heavy atom. The van der Waals surface area contributed by atoms with Crippen LogP contribution in [0.2, 0.25) is 5.02 Å². The van der Waals surface area contributed by atoms with Crippen LogP contribution in [0.1, 0.15) is 22.2 Å². The van der Waals surface area contributed by atoms with Crippen molar-refractivity contribution in [2.45, 2.75) is 17.9 Å². The van der Waals surface area contributed by atoms with E-state index in [-0.39, 0.29) is 16.3 Å². The largest absolute Gasteiger partial charge is 0.459 e. The molecule has 1 aliphatic rings. The molecule has 6 nitrogen and oxygen atoms in total. The van der Waals surface area contributed by atoms with Crippen molar-refractivity contribution in [1.82, 2.24) is 10.6 Å². The number of halogens is 5. The third kappa shape index (κ3) is 4.38. The van der Waals surface area contributed by atoms with Gasteiger partial charge in [0, 0.05) is 20.6 Å². The molecule has 3 atom stereocenters. The van der Waals surface area contributed by atoms with Crippen LogP contribution in [0, 0.1) is 5.92 Å². The van der Waals surface area contributed by atoms with Crippen molar-refractivity contribution >= 4 is 39.3 Å².